The van der Waals surface area contributed by atoms with E-state index in [0.717, 1.165) is 19.3 Å². The molecule has 30 nitrogen and oxygen atoms in total. The van der Waals surface area contributed by atoms with Crippen molar-refractivity contribution in [2.75, 3.05) is 39.3 Å². The summed E-state index contributed by atoms with van der Waals surface area (Å²) in [6, 6.07) is -15.4. The van der Waals surface area contributed by atoms with E-state index < -0.39 is 157 Å². The van der Waals surface area contributed by atoms with Crippen molar-refractivity contribution in [2.24, 2.45) is 40.5 Å². The fourth-order valence-corrected chi connectivity index (χ4v) is 8.44. The number of rotatable bonds is 28. The van der Waals surface area contributed by atoms with Gasteiger partial charge < -0.3 is 102 Å². The van der Waals surface area contributed by atoms with E-state index in [1.54, 1.807) is 13.8 Å². The largest absolute Gasteiger partial charge is 0.391 e. The Morgan fingerprint density at radius 1 is 0.531 bits per heavy atom. The fourth-order valence-electron chi connectivity index (χ4n) is 8.44. The Labute approximate surface area is 474 Å². The maximum atomic E-state index is 14.4. The van der Waals surface area contributed by atoms with E-state index in [4.69, 9.17) is 28.7 Å². The number of carbonyl (C=O) groups is 11. The molecular formula is C51H96N16O14. The number of amides is 11. The van der Waals surface area contributed by atoms with Gasteiger partial charge in [-0.05, 0) is 117 Å². The smallest absolute Gasteiger partial charge is 0.245 e. The van der Waals surface area contributed by atoms with Crippen LogP contribution in [0.5, 0.6) is 0 Å². The Morgan fingerprint density at radius 3 is 1.46 bits per heavy atom. The van der Waals surface area contributed by atoms with E-state index >= 15 is 0 Å². The van der Waals surface area contributed by atoms with Crippen molar-refractivity contribution in [3.05, 3.63) is 0 Å². The van der Waals surface area contributed by atoms with Crippen LogP contribution in [-0.4, -0.2) is 198 Å². The molecule has 0 aromatic carbocycles. The van der Waals surface area contributed by atoms with Crippen LogP contribution in [0.2, 0.25) is 0 Å². The molecule has 1 fully saturated rings. The zero-order valence-electron chi connectivity index (χ0n) is 48.1. The van der Waals surface area contributed by atoms with Gasteiger partial charge in [0.2, 0.25) is 65.0 Å². The molecule has 464 valence electrons. The highest BCUT2D eigenvalue weighted by Gasteiger charge is 2.38. The third kappa shape index (κ3) is 26.5. The standard InChI is InChI=1S/C51H96N16O14/c1-8-27(4)11-9-10-12-38(71)58-31(13-19-52)46(76)66-40(29(6)69)50(80)63-34(16-22-55)43(73)61-36-18-24-57-49(79)39(28(5)68)65-47(77)35(17-23-56)60-42(72)33(15-21-54)62-51(81)41(30(7)70)67-48(78)37(25-26(2)3)64-44(74)32(14-20-53)59-45(36)75/h26-37,39-41,68-70H,8-25,52-56H2,1-7H3,(H,57,79)(H,58,71)(H,59,75)(H,60,72)(H,61,73)(H,62,81)(H,63,80)(H,64,74)(H,65,77)(H,66,76)(H,67,78)/t27?,28?,29?,30?,31-,32-,33-,34+,35-,36-,37+,39-,40-,41-/m0/s1. The molecule has 1 rings (SSSR count). The van der Waals surface area contributed by atoms with Gasteiger partial charge >= 0.3 is 0 Å². The number of aliphatic hydroxyl groups is 3. The number of aliphatic hydroxyl groups excluding tert-OH is 3. The molecule has 30 heteroatoms. The van der Waals surface area contributed by atoms with Crippen LogP contribution >= 0.6 is 0 Å². The van der Waals surface area contributed by atoms with Gasteiger partial charge in [0, 0.05) is 13.0 Å². The second kappa shape index (κ2) is 38.5. The molecule has 1 saturated heterocycles. The first kappa shape index (κ1) is 72.9. The highest BCUT2D eigenvalue weighted by Crippen LogP contribution is 2.13. The molecule has 0 aliphatic carbocycles. The number of unbranched alkanes of at least 4 members (excludes halogenated alkanes) is 1. The van der Waals surface area contributed by atoms with Crippen molar-refractivity contribution < 1.29 is 68.1 Å². The molecular weight excluding hydrogens is 1060 g/mol. The molecule has 11 amide bonds. The van der Waals surface area contributed by atoms with Crippen molar-refractivity contribution in [3.8, 4) is 0 Å². The van der Waals surface area contributed by atoms with E-state index in [1.165, 1.54) is 20.8 Å². The molecule has 0 radical (unpaired) electrons. The number of hydrogen-bond acceptors (Lipinski definition) is 19. The van der Waals surface area contributed by atoms with E-state index in [0.29, 0.717) is 12.3 Å². The number of carbonyl (C=O) groups excluding carboxylic acids is 11. The summed E-state index contributed by atoms with van der Waals surface area (Å²) in [6.07, 6.45) is -2.79. The van der Waals surface area contributed by atoms with E-state index in [9.17, 15) is 68.1 Å². The molecule has 0 saturated carbocycles. The third-order valence-corrected chi connectivity index (χ3v) is 13.4. The molecule has 0 aromatic rings. The quantitative estimate of drug-likeness (QED) is 0.0324. The van der Waals surface area contributed by atoms with Gasteiger partial charge in [0.15, 0.2) is 0 Å². The highest BCUT2D eigenvalue weighted by molar-refractivity contribution is 5.99. The monoisotopic (exact) mass is 1160 g/mol. The number of nitrogens with two attached hydrogens (primary N) is 5. The van der Waals surface area contributed by atoms with Crippen molar-refractivity contribution in [3.63, 3.8) is 0 Å². The lowest BCUT2D eigenvalue weighted by atomic mass is 10.0. The summed E-state index contributed by atoms with van der Waals surface area (Å²) in [5, 5.41) is 59.4. The van der Waals surface area contributed by atoms with E-state index in [2.05, 4.69) is 72.3 Å². The van der Waals surface area contributed by atoms with Crippen LogP contribution in [0.1, 0.15) is 126 Å². The lowest BCUT2D eigenvalue weighted by Gasteiger charge is -2.29. The summed E-state index contributed by atoms with van der Waals surface area (Å²) in [7, 11) is 0. The lowest BCUT2D eigenvalue weighted by molar-refractivity contribution is -0.137. The molecule has 0 spiro atoms. The third-order valence-electron chi connectivity index (χ3n) is 13.4. The van der Waals surface area contributed by atoms with Gasteiger partial charge in [-0.1, -0.05) is 47.0 Å². The average molecular weight is 1160 g/mol. The normalized spacial score (nSPS) is 23.9. The van der Waals surface area contributed by atoms with Gasteiger partial charge in [0.1, 0.15) is 60.4 Å². The maximum Gasteiger partial charge on any atom is 0.245 e. The van der Waals surface area contributed by atoms with Crippen LogP contribution in [0.15, 0.2) is 0 Å². The Hall–Kier alpha value is -6.15. The molecule has 4 unspecified atom stereocenters. The van der Waals surface area contributed by atoms with Crippen molar-refractivity contribution in [2.45, 2.75) is 204 Å². The maximum absolute atomic E-state index is 14.4. The predicted octanol–water partition coefficient (Wildman–Crippen LogP) is -7.11. The van der Waals surface area contributed by atoms with Crippen molar-refractivity contribution in [1.29, 1.82) is 0 Å². The Morgan fingerprint density at radius 2 is 0.988 bits per heavy atom. The van der Waals surface area contributed by atoms with Gasteiger partial charge in [0.05, 0.1) is 18.3 Å². The van der Waals surface area contributed by atoms with Gasteiger partial charge in [-0.15, -0.1) is 0 Å². The molecule has 14 atom stereocenters. The first-order valence-electron chi connectivity index (χ1n) is 28.0. The first-order chi connectivity index (χ1) is 38.2. The minimum absolute atomic E-state index is 0.0215. The van der Waals surface area contributed by atoms with Crippen molar-refractivity contribution >= 4 is 65.0 Å². The Balaban J connectivity index is 3.79. The Bertz CT molecular complexity index is 2050. The van der Waals surface area contributed by atoms with Gasteiger partial charge in [-0.25, -0.2) is 0 Å². The molecule has 81 heavy (non-hydrogen) atoms. The second-order valence-corrected chi connectivity index (χ2v) is 21.0. The Kier molecular flexibility index (Phi) is 34.7. The molecule has 24 N–H and O–H groups in total. The van der Waals surface area contributed by atoms with Gasteiger partial charge in [0.25, 0.3) is 0 Å². The second-order valence-electron chi connectivity index (χ2n) is 21.0. The highest BCUT2D eigenvalue weighted by atomic mass is 16.3. The summed E-state index contributed by atoms with van der Waals surface area (Å²) in [5.74, 6) is -10.1. The molecule has 0 bridgehead atoms. The number of hydrogen-bond donors (Lipinski definition) is 19. The van der Waals surface area contributed by atoms with E-state index in [-0.39, 0.29) is 83.6 Å². The minimum atomic E-state index is -1.73. The zero-order valence-corrected chi connectivity index (χ0v) is 48.1. The number of nitrogens with one attached hydrogen (secondary N) is 11. The van der Waals surface area contributed by atoms with Crippen LogP contribution in [-0.2, 0) is 52.7 Å². The molecule has 1 heterocycles. The topological polar surface area (TPSA) is 511 Å². The van der Waals surface area contributed by atoms with Crippen LogP contribution in [0.25, 0.3) is 0 Å². The van der Waals surface area contributed by atoms with Gasteiger partial charge in [-0.2, -0.15) is 0 Å². The summed E-state index contributed by atoms with van der Waals surface area (Å²) in [6.45, 7) is 9.91. The lowest BCUT2D eigenvalue weighted by Crippen LogP contribution is -2.62. The minimum Gasteiger partial charge on any atom is -0.391 e. The van der Waals surface area contributed by atoms with Crippen LogP contribution in [0.4, 0.5) is 0 Å². The summed E-state index contributed by atoms with van der Waals surface area (Å²) < 4.78 is 0. The molecule has 1 aliphatic rings. The average Bonchev–Trinajstić information content (AvgIpc) is 3.39. The fraction of sp³-hybridized carbons (Fsp3) is 0.784. The summed E-state index contributed by atoms with van der Waals surface area (Å²) >= 11 is 0. The van der Waals surface area contributed by atoms with E-state index in [1.807, 2.05) is 0 Å². The van der Waals surface area contributed by atoms with Gasteiger partial charge in [-0.3, -0.25) is 52.7 Å². The molecule has 1 aliphatic heterocycles. The molecule has 0 aromatic heterocycles. The van der Waals surface area contributed by atoms with Crippen LogP contribution < -0.4 is 87.2 Å². The van der Waals surface area contributed by atoms with Crippen LogP contribution in [0.3, 0.4) is 0 Å². The SMILES string of the molecule is CCC(C)CCCCC(=O)N[C@@H](CCN)C(=O)N[C@H](C(=O)N[C@H](CCN)C(=O)N[C@H]1CCNC(=O)[C@H](C(C)O)NC(=O)[C@H](CCN)NC(=O)[C@H](CCN)NC(=O)[C@H](C(C)O)NC(=O)[C@@H](CC(C)C)NC(=O)[C@H](CCN)NC1=O)C(C)O. The van der Waals surface area contributed by atoms with Crippen LogP contribution in [0, 0.1) is 11.8 Å². The first-order valence-corrected chi connectivity index (χ1v) is 28.0. The predicted molar refractivity (Wildman–Crippen MR) is 298 cm³/mol. The summed E-state index contributed by atoms with van der Waals surface area (Å²) in [4.78, 5) is 152. The van der Waals surface area contributed by atoms with Crippen molar-refractivity contribution in [1.82, 2.24) is 58.5 Å². The zero-order chi connectivity index (χ0) is 61.5. The summed E-state index contributed by atoms with van der Waals surface area (Å²) in [5.41, 5.74) is 29.0.